The van der Waals surface area contributed by atoms with E-state index in [1.54, 1.807) is 0 Å². The fourth-order valence-corrected chi connectivity index (χ4v) is 2.55. The first-order chi connectivity index (χ1) is 12.7. The first-order valence-corrected chi connectivity index (χ1v) is 9.82. The van der Waals surface area contributed by atoms with Gasteiger partial charge in [-0.15, -0.1) is 0 Å². The molecule has 0 amide bonds. The number of nitrogen functional groups attached to an aromatic ring is 1. The molecule has 2 aromatic carbocycles. The topological polar surface area (TPSA) is 210 Å². The van der Waals surface area contributed by atoms with Crippen LogP contribution in [0, 0.1) is 21.7 Å². The Kier molecular flexibility index (Phi) is 11.1. The van der Waals surface area contributed by atoms with Crippen molar-refractivity contribution >= 4 is 31.4 Å². The summed E-state index contributed by atoms with van der Waals surface area (Å²) in [7, 11) is -6.87. The lowest BCUT2D eigenvalue weighted by molar-refractivity contribution is -0.387. The van der Waals surface area contributed by atoms with Crippen molar-refractivity contribution in [1.29, 1.82) is 0 Å². The number of benzene rings is 2. The maximum Gasteiger partial charge on any atom is 0.304 e. The van der Waals surface area contributed by atoms with Gasteiger partial charge in [-0.05, 0) is 24.3 Å². The Balaban J connectivity index is 0. The summed E-state index contributed by atoms with van der Waals surface area (Å²) >= 11 is 0. The average molecular weight is 458 g/mol. The molecule has 2 rings (SSSR count). The van der Waals surface area contributed by atoms with Gasteiger partial charge in [-0.25, -0.2) is 31.5 Å². The first-order valence-electron chi connectivity index (χ1n) is 6.72. The highest BCUT2D eigenvalue weighted by atomic mass is 32.2. The number of nitro groups is 1. The molecule has 0 saturated carbocycles. The van der Waals surface area contributed by atoms with Gasteiger partial charge in [-0.3, -0.25) is 10.1 Å². The molecule has 0 saturated heterocycles. The number of anilines is 1. The van der Waals surface area contributed by atoms with Gasteiger partial charge in [-0.2, -0.15) is 4.39 Å². The van der Waals surface area contributed by atoms with Crippen molar-refractivity contribution in [1.82, 2.24) is 0 Å². The van der Waals surface area contributed by atoms with Gasteiger partial charge in [0.05, 0.1) is 20.4 Å². The van der Waals surface area contributed by atoms with E-state index in [0.717, 1.165) is 37.4 Å². The number of sulfonamides is 2. The molecule has 164 valence electrons. The monoisotopic (exact) mass is 458 g/mol. The molecule has 7 N–H and O–H groups in total. The largest absolute Gasteiger partial charge is 0.400 e. The van der Waals surface area contributed by atoms with Gasteiger partial charge in [0.15, 0.2) is 0 Å². The SMILES string of the molecule is C.CO.NS(=O)(=O)c1ccc([N+](=O)[O-])c(F)c1.Nc1ccc(S(N)(=O)=O)cc1F. The summed E-state index contributed by atoms with van der Waals surface area (Å²) in [6.45, 7) is 0. The molecule has 0 fully saturated rings. The number of aliphatic hydroxyl groups is 1. The normalized spacial score (nSPS) is 10.4. The van der Waals surface area contributed by atoms with Crippen LogP contribution in [0.25, 0.3) is 0 Å². The molecule has 15 heteroatoms. The molecule has 0 radical (unpaired) electrons. The van der Waals surface area contributed by atoms with E-state index in [1.165, 1.54) is 0 Å². The highest BCUT2D eigenvalue weighted by Crippen LogP contribution is 2.19. The van der Waals surface area contributed by atoms with Gasteiger partial charge >= 0.3 is 5.69 Å². The number of nitrogens with two attached hydrogens (primary N) is 3. The number of hydrogen-bond acceptors (Lipinski definition) is 8. The molecule has 0 atom stereocenters. The van der Waals surface area contributed by atoms with E-state index in [2.05, 4.69) is 5.14 Å². The van der Waals surface area contributed by atoms with E-state index in [9.17, 15) is 35.7 Å². The summed E-state index contributed by atoms with van der Waals surface area (Å²) in [5, 5.41) is 26.6. The summed E-state index contributed by atoms with van der Waals surface area (Å²) in [6, 6.07) is 5.20. The second kappa shape index (κ2) is 11.3. The molecule has 29 heavy (non-hydrogen) atoms. The lowest BCUT2D eigenvalue weighted by Gasteiger charge is -1.99. The Bertz CT molecular complexity index is 1060. The number of aliphatic hydroxyl groups excluding tert-OH is 1. The van der Waals surface area contributed by atoms with Gasteiger partial charge in [0.2, 0.25) is 25.9 Å². The summed E-state index contributed by atoms with van der Waals surface area (Å²) < 4.78 is 68.3. The first kappa shape index (κ1) is 28.5. The molecule has 0 unspecified atom stereocenters. The lowest BCUT2D eigenvalue weighted by atomic mass is 10.3. The van der Waals surface area contributed by atoms with Crippen molar-refractivity contribution < 1.29 is 35.6 Å². The molecule has 0 spiro atoms. The minimum Gasteiger partial charge on any atom is -0.400 e. The molecule has 11 nitrogen and oxygen atoms in total. The maximum absolute atomic E-state index is 12.9. The van der Waals surface area contributed by atoms with Crippen LogP contribution in [0.1, 0.15) is 7.43 Å². The van der Waals surface area contributed by atoms with Crippen LogP contribution in [0.4, 0.5) is 20.2 Å². The Morgan fingerprint density at radius 3 is 1.59 bits per heavy atom. The van der Waals surface area contributed by atoms with E-state index in [1.807, 2.05) is 0 Å². The van der Waals surface area contributed by atoms with Gasteiger partial charge < -0.3 is 10.8 Å². The molecular weight excluding hydrogens is 438 g/mol. The molecule has 0 aliphatic heterocycles. The third-order valence-electron chi connectivity index (χ3n) is 2.74. The summed E-state index contributed by atoms with van der Waals surface area (Å²) in [5.74, 6) is -2.02. The third kappa shape index (κ3) is 8.88. The standard InChI is InChI=1S/C6H5FN2O4S.C6H7FN2O2S.CH4O.CH4/c7-5-3-4(14(8,12)13)1-2-6(5)9(10)11;7-5-3-4(12(9,10)11)1-2-6(5)8;1-2;/h1-3H,(H2,8,12,13);1-3H,8H2,(H2,9,10,11);2H,1H3;1H4. The van der Waals surface area contributed by atoms with Crippen LogP contribution in [0.3, 0.4) is 0 Å². The van der Waals surface area contributed by atoms with Crippen molar-refractivity contribution in [2.45, 2.75) is 17.2 Å². The second-order valence-corrected chi connectivity index (χ2v) is 7.77. The van der Waals surface area contributed by atoms with Crippen molar-refractivity contribution in [3.8, 4) is 0 Å². The Labute approximate surface area is 166 Å². The number of halogens is 2. The number of rotatable bonds is 3. The summed E-state index contributed by atoms with van der Waals surface area (Å²) in [6.07, 6.45) is 0. The number of nitro benzene ring substituents is 1. The lowest BCUT2D eigenvalue weighted by Crippen LogP contribution is -2.12. The highest BCUT2D eigenvalue weighted by Gasteiger charge is 2.17. The summed E-state index contributed by atoms with van der Waals surface area (Å²) in [5.41, 5.74) is 4.22. The average Bonchev–Trinajstić information content (AvgIpc) is 2.57. The van der Waals surface area contributed by atoms with Crippen LogP contribution in [-0.2, 0) is 20.0 Å². The van der Waals surface area contributed by atoms with Crippen molar-refractivity contribution in [2.24, 2.45) is 10.3 Å². The van der Waals surface area contributed by atoms with E-state index in [4.69, 9.17) is 16.0 Å². The molecule has 0 aliphatic carbocycles. The minimum absolute atomic E-state index is 0. The zero-order chi connectivity index (χ0) is 22.3. The smallest absolute Gasteiger partial charge is 0.304 e. The van der Waals surface area contributed by atoms with E-state index < -0.39 is 47.2 Å². The third-order valence-corrected chi connectivity index (χ3v) is 4.57. The molecule has 0 aromatic heterocycles. The summed E-state index contributed by atoms with van der Waals surface area (Å²) in [4.78, 5) is 8.43. The minimum atomic E-state index is -4.03. The van der Waals surface area contributed by atoms with Crippen molar-refractivity contribution in [2.75, 3.05) is 12.8 Å². The Hall–Kier alpha value is -2.72. The quantitative estimate of drug-likeness (QED) is 0.291. The van der Waals surface area contributed by atoms with E-state index in [-0.39, 0.29) is 18.0 Å². The maximum atomic E-state index is 12.9. The predicted molar refractivity (Wildman–Crippen MR) is 101 cm³/mol. The van der Waals surface area contributed by atoms with Crippen LogP contribution in [0.15, 0.2) is 46.2 Å². The second-order valence-electron chi connectivity index (χ2n) is 4.64. The van der Waals surface area contributed by atoms with E-state index in [0.29, 0.717) is 6.07 Å². The van der Waals surface area contributed by atoms with Crippen LogP contribution in [-0.4, -0.2) is 34.0 Å². The molecule has 0 heterocycles. The Morgan fingerprint density at radius 1 is 0.897 bits per heavy atom. The van der Waals surface area contributed by atoms with Crippen LogP contribution in [0.5, 0.6) is 0 Å². The molecule has 0 aliphatic rings. The van der Waals surface area contributed by atoms with Crippen LogP contribution < -0.4 is 16.0 Å². The number of nitrogens with zero attached hydrogens (tertiary/aromatic N) is 1. The zero-order valence-electron chi connectivity index (χ0n) is 14.1. The molecule has 2 aromatic rings. The zero-order valence-corrected chi connectivity index (χ0v) is 15.7. The molecule has 0 bridgehead atoms. The predicted octanol–water partition coefficient (Wildman–Crippen LogP) is 0.681. The van der Waals surface area contributed by atoms with Gasteiger partial charge in [0, 0.05) is 19.2 Å². The van der Waals surface area contributed by atoms with E-state index >= 15 is 0 Å². The van der Waals surface area contributed by atoms with Gasteiger partial charge in [0.25, 0.3) is 0 Å². The van der Waals surface area contributed by atoms with Crippen LogP contribution >= 0.6 is 0 Å². The number of primary sulfonamides is 2. The fourth-order valence-electron chi connectivity index (χ4n) is 1.50. The Morgan fingerprint density at radius 2 is 1.28 bits per heavy atom. The van der Waals surface area contributed by atoms with Gasteiger partial charge in [-0.1, -0.05) is 7.43 Å². The van der Waals surface area contributed by atoms with Crippen molar-refractivity contribution in [3.63, 3.8) is 0 Å². The van der Waals surface area contributed by atoms with Gasteiger partial charge in [0.1, 0.15) is 5.82 Å². The van der Waals surface area contributed by atoms with Crippen molar-refractivity contribution in [3.05, 3.63) is 58.1 Å². The number of hydrogen-bond donors (Lipinski definition) is 4. The molecular formula is C14H20F2N4O7S2. The highest BCUT2D eigenvalue weighted by molar-refractivity contribution is 7.89. The fraction of sp³-hybridized carbons (Fsp3) is 0.143. The van der Waals surface area contributed by atoms with Crippen LogP contribution in [0.2, 0.25) is 0 Å².